The molecule has 114 valence electrons. The van der Waals surface area contributed by atoms with Crippen LogP contribution in [-0.2, 0) is 9.59 Å². The van der Waals surface area contributed by atoms with Crippen molar-refractivity contribution in [2.24, 2.45) is 0 Å². The quantitative estimate of drug-likeness (QED) is 0.599. The number of hydrazine groups is 1. The molecule has 0 unspecified atom stereocenters. The van der Waals surface area contributed by atoms with Crippen LogP contribution in [0.25, 0.3) is 11.3 Å². The lowest BCUT2D eigenvalue weighted by Gasteiger charge is -2.09. The number of benzene rings is 1. The van der Waals surface area contributed by atoms with Gasteiger partial charge < -0.3 is 5.32 Å². The van der Waals surface area contributed by atoms with Gasteiger partial charge in [0.05, 0.1) is 5.69 Å². The summed E-state index contributed by atoms with van der Waals surface area (Å²) in [5, 5.41) is 10.2. The zero-order valence-corrected chi connectivity index (χ0v) is 11.9. The number of amides is 2. The van der Waals surface area contributed by atoms with Gasteiger partial charge in [0, 0.05) is 19.4 Å². The summed E-state index contributed by atoms with van der Waals surface area (Å²) in [6.07, 6.45) is 0. The molecule has 0 aliphatic rings. The predicted molar refractivity (Wildman–Crippen MR) is 79.8 cm³/mol. The molecule has 0 saturated carbocycles. The highest BCUT2D eigenvalue weighted by Gasteiger charge is 2.12. The van der Waals surface area contributed by atoms with E-state index in [1.807, 2.05) is 0 Å². The Bertz CT molecular complexity index is 770. The highest BCUT2D eigenvalue weighted by molar-refractivity contribution is 5.93. The van der Waals surface area contributed by atoms with Gasteiger partial charge in [-0.3, -0.25) is 30.2 Å². The molecule has 9 nitrogen and oxygen atoms in total. The van der Waals surface area contributed by atoms with Crippen LogP contribution in [0.1, 0.15) is 13.8 Å². The molecule has 0 aliphatic heterocycles. The van der Waals surface area contributed by atoms with E-state index in [2.05, 4.69) is 31.3 Å². The SMILES string of the molecule is CC(=O)NNc1nnc(-c2ccccc2NC(C)=O)c(=O)[nH]1. The maximum absolute atomic E-state index is 12.1. The third kappa shape index (κ3) is 3.66. The number of nitrogens with zero attached hydrogens (tertiary/aromatic N) is 2. The van der Waals surface area contributed by atoms with Gasteiger partial charge >= 0.3 is 0 Å². The van der Waals surface area contributed by atoms with E-state index >= 15 is 0 Å². The zero-order valence-electron chi connectivity index (χ0n) is 11.9. The summed E-state index contributed by atoms with van der Waals surface area (Å²) in [5.74, 6) is -0.607. The maximum atomic E-state index is 12.1. The van der Waals surface area contributed by atoms with Gasteiger partial charge in [0.15, 0.2) is 5.69 Å². The van der Waals surface area contributed by atoms with Gasteiger partial charge in [0.25, 0.3) is 5.56 Å². The molecular weight excluding hydrogens is 288 g/mol. The van der Waals surface area contributed by atoms with Gasteiger partial charge in [-0.1, -0.05) is 18.2 Å². The van der Waals surface area contributed by atoms with Crippen molar-refractivity contribution in [2.75, 3.05) is 10.7 Å². The van der Waals surface area contributed by atoms with Crippen LogP contribution in [0, 0.1) is 0 Å². The third-order valence-corrected chi connectivity index (χ3v) is 2.55. The van der Waals surface area contributed by atoms with Gasteiger partial charge in [-0.05, 0) is 6.07 Å². The van der Waals surface area contributed by atoms with E-state index in [0.717, 1.165) is 0 Å². The van der Waals surface area contributed by atoms with E-state index in [9.17, 15) is 14.4 Å². The smallest absolute Gasteiger partial charge is 0.279 e. The number of H-pyrrole nitrogens is 1. The van der Waals surface area contributed by atoms with Crippen molar-refractivity contribution in [3.8, 4) is 11.3 Å². The van der Waals surface area contributed by atoms with Crippen molar-refractivity contribution in [3.05, 3.63) is 34.6 Å². The fourth-order valence-electron chi connectivity index (χ4n) is 1.71. The van der Waals surface area contributed by atoms with E-state index in [1.54, 1.807) is 24.3 Å². The normalized spacial score (nSPS) is 9.91. The molecule has 4 N–H and O–H groups in total. The number of carbonyl (C=O) groups excluding carboxylic acids is 2. The van der Waals surface area contributed by atoms with E-state index in [0.29, 0.717) is 11.3 Å². The molecule has 2 amide bonds. The Morgan fingerprint density at radius 1 is 1.09 bits per heavy atom. The standard InChI is InChI=1S/C13H14N6O3/c1-7(20)14-10-6-4-3-5-9(10)11-12(22)15-13(19-17-11)18-16-8(2)21/h3-6H,1-2H3,(H,14,20)(H,16,21)(H2,15,18,19,22). The molecule has 0 radical (unpaired) electrons. The molecule has 1 heterocycles. The lowest BCUT2D eigenvalue weighted by molar-refractivity contribution is -0.118. The summed E-state index contributed by atoms with van der Waals surface area (Å²) in [7, 11) is 0. The molecule has 0 spiro atoms. The minimum absolute atomic E-state index is 0.000887. The lowest BCUT2D eigenvalue weighted by atomic mass is 10.1. The van der Waals surface area contributed by atoms with Crippen molar-refractivity contribution >= 4 is 23.5 Å². The van der Waals surface area contributed by atoms with Crippen LogP contribution < -0.4 is 21.7 Å². The topological polar surface area (TPSA) is 129 Å². The van der Waals surface area contributed by atoms with Gasteiger partial charge in [0.2, 0.25) is 17.8 Å². The Balaban J connectivity index is 2.36. The summed E-state index contributed by atoms with van der Waals surface area (Å²) < 4.78 is 0. The number of anilines is 2. The highest BCUT2D eigenvalue weighted by Crippen LogP contribution is 2.23. The van der Waals surface area contributed by atoms with E-state index in [1.165, 1.54) is 13.8 Å². The van der Waals surface area contributed by atoms with Crippen LogP contribution in [0.2, 0.25) is 0 Å². The molecule has 0 fully saturated rings. The van der Waals surface area contributed by atoms with Crippen molar-refractivity contribution in [3.63, 3.8) is 0 Å². The fraction of sp³-hybridized carbons (Fsp3) is 0.154. The summed E-state index contributed by atoms with van der Waals surface area (Å²) in [6.45, 7) is 2.67. The molecule has 0 saturated heterocycles. The van der Waals surface area contributed by atoms with E-state index < -0.39 is 5.56 Å². The minimum atomic E-state index is -0.513. The molecular formula is C13H14N6O3. The average molecular weight is 302 g/mol. The summed E-state index contributed by atoms with van der Waals surface area (Å²) in [6, 6.07) is 6.74. The van der Waals surface area contributed by atoms with Crippen LogP contribution >= 0.6 is 0 Å². The van der Waals surface area contributed by atoms with Gasteiger partial charge in [-0.15, -0.1) is 10.2 Å². The Morgan fingerprint density at radius 2 is 1.82 bits per heavy atom. The summed E-state index contributed by atoms with van der Waals surface area (Å²) in [4.78, 5) is 36.5. The molecule has 0 bridgehead atoms. The largest absolute Gasteiger partial charge is 0.326 e. The lowest BCUT2D eigenvalue weighted by Crippen LogP contribution is -2.29. The number of hydrogen-bond acceptors (Lipinski definition) is 6. The first-order valence-corrected chi connectivity index (χ1v) is 6.34. The number of rotatable bonds is 4. The van der Waals surface area contributed by atoms with Crippen LogP contribution in [0.15, 0.2) is 29.1 Å². The fourth-order valence-corrected chi connectivity index (χ4v) is 1.71. The average Bonchev–Trinajstić information content (AvgIpc) is 2.45. The Hall–Kier alpha value is -3.23. The van der Waals surface area contributed by atoms with Crippen LogP contribution in [0.5, 0.6) is 0 Å². The third-order valence-electron chi connectivity index (χ3n) is 2.55. The second-order valence-corrected chi connectivity index (χ2v) is 4.38. The van der Waals surface area contributed by atoms with Crippen molar-refractivity contribution in [1.29, 1.82) is 0 Å². The molecule has 0 atom stereocenters. The Labute approximate surface area is 125 Å². The monoisotopic (exact) mass is 302 g/mol. The maximum Gasteiger partial charge on any atom is 0.279 e. The van der Waals surface area contributed by atoms with Crippen molar-refractivity contribution < 1.29 is 9.59 Å². The van der Waals surface area contributed by atoms with Crippen molar-refractivity contribution in [1.82, 2.24) is 20.6 Å². The number of carbonyl (C=O) groups is 2. The number of aromatic nitrogens is 3. The van der Waals surface area contributed by atoms with Gasteiger partial charge in [0.1, 0.15) is 0 Å². The molecule has 0 aliphatic carbocycles. The predicted octanol–water partition coefficient (Wildman–Crippen LogP) is 0.253. The summed E-state index contributed by atoms with van der Waals surface area (Å²) in [5.41, 5.74) is 5.12. The van der Waals surface area contributed by atoms with Crippen LogP contribution in [-0.4, -0.2) is 27.0 Å². The second kappa shape index (κ2) is 6.48. The van der Waals surface area contributed by atoms with E-state index in [4.69, 9.17) is 0 Å². The minimum Gasteiger partial charge on any atom is -0.326 e. The molecule has 2 aromatic rings. The summed E-state index contributed by atoms with van der Waals surface area (Å²) >= 11 is 0. The van der Waals surface area contributed by atoms with Gasteiger partial charge in [-0.2, -0.15) is 0 Å². The highest BCUT2D eigenvalue weighted by atomic mass is 16.2. The first-order chi connectivity index (χ1) is 10.5. The number of hydrogen-bond donors (Lipinski definition) is 4. The Kier molecular flexibility index (Phi) is 4.47. The molecule has 22 heavy (non-hydrogen) atoms. The first-order valence-electron chi connectivity index (χ1n) is 6.34. The molecule has 2 rings (SSSR count). The molecule has 1 aromatic carbocycles. The first kappa shape index (κ1) is 15.2. The van der Waals surface area contributed by atoms with Gasteiger partial charge in [-0.25, -0.2) is 0 Å². The molecule has 1 aromatic heterocycles. The number of nitrogens with one attached hydrogen (secondary N) is 4. The van der Waals surface area contributed by atoms with Crippen molar-refractivity contribution in [2.45, 2.75) is 13.8 Å². The number of aromatic amines is 1. The number of para-hydroxylation sites is 1. The second-order valence-electron chi connectivity index (χ2n) is 4.38. The van der Waals surface area contributed by atoms with Crippen LogP contribution in [0.3, 0.4) is 0 Å². The zero-order chi connectivity index (χ0) is 16.1. The van der Waals surface area contributed by atoms with Crippen LogP contribution in [0.4, 0.5) is 11.6 Å². The Morgan fingerprint density at radius 3 is 2.45 bits per heavy atom. The van der Waals surface area contributed by atoms with E-state index in [-0.39, 0.29) is 23.5 Å². The molecule has 9 heteroatoms.